The number of carbonyl (C=O) groups excluding carboxylic acids is 2. The number of hydrogen-bond donors (Lipinski definition) is 3. The molecule has 22 heavy (non-hydrogen) atoms. The maximum absolute atomic E-state index is 13.9. The van der Waals surface area contributed by atoms with Gasteiger partial charge in [-0.2, -0.15) is 0 Å². The van der Waals surface area contributed by atoms with Crippen molar-refractivity contribution in [3.8, 4) is 0 Å². The average Bonchev–Trinajstić information content (AvgIpc) is 2.70. The van der Waals surface area contributed by atoms with Crippen LogP contribution in [0.4, 0.5) is 10.1 Å². The molecular weight excluding hydrogens is 319 g/mol. The Balaban J connectivity index is 2.39. The summed E-state index contributed by atoms with van der Waals surface area (Å²) in [5.74, 6) is -3.92. The maximum atomic E-state index is 13.9. The van der Waals surface area contributed by atoms with Crippen LogP contribution in [0, 0.1) is 5.82 Å². The molecule has 1 aliphatic heterocycles. The normalized spacial score (nSPS) is 14.3. The molecule has 0 atom stereocenters. The second-order valence-corrected chi connectivity index (χ2v) is 4.69. The lowest BCUT2D eigenvalue weighted by atomic mass is 10.1. The number of β-amino-alcohol motifs (C(OH)–C–C–N with tert-alkyl or cyclic N) is 1. The van der Waals surface area contributed by atoms with Crippen molar-refractivity contribution in [2.75, 3.05) is 18.5 Å². The Bertz CT molecular complexity index is 704. The van der Waals surface area contributed by atoms with E-state index in [1.165, 1.54) is 0 Å². The summed E-state index contributed by atoms with van der Waals surface area (Å²) >= 11 is 5.72. The molecule has 1 aliphatic rings. The number of carboxylic acid groups (broad SMARTS) is 1. The van der Waals surface area contributed by atoms with Crippen LogP contribution in [0.3, 0.4) is 0 Å². The average molecular weight is 329 g/mol. The van der Waals surface area contributed by atoms with Crippen LogP contribution in [-0.4, -0.2) is 46.0 Å². The Kier molecular flexibility index (Phi) is 4.43. The number of carboxylic acids is 1. The Morgan fingerprint density at radius 1 is 1.36 bits per heavy atom. The fourth-order valence-corrected chi connectivity index (χ4v) is 2.17. The predicted octanol–water partition coefficient (Wildman–Crippen LogP) is 0.834. The van der Waals surface area contributed by atoms with Crippen LogP contribution >= 0.6 is 11.6 Å². The number of aliphatic hydroxyl groups is 1. The minimum atomic E-state index is -1.49. The molecule has 116 valence electrons. The summed E-state index contributed by atoms with van der Waals surface area (Å²) in [5.41, 5.74) is -1.37. The van der Waals surface area contributed by atoms with Crippen LogP contribution < -0.4 is 5.32 Å². The highest BCUT2D eigenvalue weighted by molar-refractivity contribution is 6.34. The molecule has 3 N–H and O–H groups in total. The third-order valence-corrected chi connectivity index (χ3v) is 3.23. The largest absolute Gasteiger partial charge is 0.478 e. The second kappa shape index (κ2) is 6.12. The zero-order chi connectivity index (χ0) is 16.4. The molecule has 0 saturated carbocycles. The zero-order valence-corrected chi connectivity index (χ0v) is 11.7. The molecule has 2 rings (SSSR count). The van der Waals surface area contributed by atoms with Crippen molar-refractivity contribution in [2.45, 2.75) is 0 Å². The molecule has 2 amide bonds. The quantitative estimate of drug-likeness (QED) is 0.691. The number of anilines is 1. The minimum absolute atomic E-state index is 0.219. The number of aromatic carboxylic acids is 1. The summed E-state index contributed by atoms with van der Waals surface area (Å²) in [4.78, 5) is 35.5. The minimum Gasteiger partial charge on any atom is -0.478 e. The summed E-state index contributed by atoms with van der Waals surface area (Å²) in [6, 6.07) is 2.00. The lowest BCUT2D eigenvalue weighted by molar-refractivity contribution is -0.137. The molecule has 0 aliphatic carbocycles. The summed E-state index contributed by atoms with van der Waals surface area (Å²) < 4.78 is 13.9. The van der Waals surface area contributed by atoms with Crippen molar-refractivity contribution in [1.82, 2.24) is 4.90 Å². The molecule has 0 unspecified atom stereocenters. The molecule has 0 radical (unpaired) electrons. The first-order valence-corrected chi connectivity index (χ1v) is 6.41. The molecule has 1 aromatic rings. The number of hydrogen-bond acceptors (Lipinski definition) is 5. The van der Waals surface area contributed by atoms with Gasteiger partial charge in [-0.3, -0.25) is 14.5 Å². The van der Waals surface area contributed by atoms with Crippen molar-refractivity contribution in [3.05, 3.63) is 40.3 Å². The van der Waals surface area contributed by atoms with Crippen LogP contribution in [0.15, 0.2) is 23.9 Å². The first-order chi connectivity index (χ1) is 10.4. The van der Waals surface area contributed by atoms with Crippen LogP contribution in [0.5, 0.6) is 0 Å². The highest BCUT2D eigenvalue weighted by Gasteiger charge is 2.32. The van der Waals surface area contributed by atoms with Crippen molar-refractivity contribution in [3.63, 3.8) is 0 Å². The van der Waals surface area contributed by atoms with Gasteiger partial charge in [0.25, 0.3) is 11.8 Å². The third-order valence-electron chi connectivity index (χ3n) is 2.91. The standard InChI is InChI=1S/C13H10ClFN2O5/c14-6-1-2-7(15)11(10(6)13(21)22)16-8-5-9(19)17(3-4-18)12(8)20/h1-2,5,16,18H,3-4H2,(H,21,22). The Morgan fingerprint density at radius 2 is 2.05 bits per heavy atom. The first-order valence-electron chi connectivity index (χ1n) is 6.03. The van der Waals surface area contributed by atoms with Gasteiger partial charge in [-0.25, -0.2) is 9.18 Å². The van der Waals surface area contributed by atoms with E-state index in [4.69, 9.17) is 21.8 Å². The van der Waals surface area contributed by atoms with Gasteiger partial charge in [-0.05, 0) is 12.1 Å². The molecule has 0 bridgehead atoms. The van der Waals surface area contributed by atoms with E-state index in [-0.39, 0.29) is 17.3 Å². The van der Waals surface area contributed by atoms with Gasteiger partial charge in [-0.15, -0.1) is 0 Å². The van der Waals surface area contributed by atoms with E-state index in [9.17, 15) is 18.8 Å². The lowest BCUT2D eigenvalue weighted by Crippen LogP contribution is -2.34. The Morgan fingerprint density at radius 3 is 2.64 bits per heavy atom. The van der Waals surface area contributed by atoms with Gasteiger partial charge < -0.3 is 15.5 Å². The topological polar surface area (TPSA) is 107 Å². The van der Waals surface area contributed by atoms with E-state index in [1.807, 2.05) is 0 Å². The van der Waals surface area contributed by atoms with Gasteiger partial charge in [-0.1, -0.05) is 11.6 Å². The van der Waals surface area contributed by atoms with E-state index in [0.717, 1.165) is 23.1 Å². The third kappa shape index (κ3) is 2.78. The van der Waals surface area contributed by atoms with Gasteiger partial charge in [0.2, 0.25) is 0 Å². The van der Waals surface area contributed by atoms with Gasteiger partial charge in [0, 0.05) is 6.08 Å². The molecule has 9 heteroatoms. The van der Waals surface area contributed by atoms with E-state index in [1.54, 1.807) is 0 Å². The molecule has 0 spiro atoms. The summed E-state index contributed by atoms with van der Waals surface area (Å²) in [6.45, 7) is -0.645. The number of amides is 2. The lowest BCUT2D eigenvalue weighted by Gasteiger charge is -2.15. The number of benzene rings is 1. The van der Waals surface area contributed by atoms with Gasteiger partial charge in [0.05, 0.1) is 23.9 Å². The van der Waals surface area contributed by atoms with Crippen molar-refractivity contribution >= 4 is 35.1 Å². The predicted molar refractivity (Wildman–Crippen MR) is 73.9 cm³/mol. The molecule has 7 nitrogen and oxygen atoms in total. The number of carbonyl (C=O) groups is 3. The fraction of sp³-hybridized carbons (Fsp3) is 0.154. The zero-order valence-electron chi connectivity index (χ0n) is 11.0. The Hall–Kier alpha value is -2.45. The molecule has 0 fully saturated rings. The number of nitrogens with one attached hydrogen (secondary N) is 1. The van der Waals surface area contributed by atoms with Gasteiger partial charge >= 0.3 is 5.97 Å². The van der Waals surface area contributed by atoms with Crippen LogP contribution in [0.1, 0.15) is 10.4 Å². The highest BCUT2D eigenvalue weighted by Crippen LogP contribution is 2.29. The van der Waals surface area contributed by atoms with E-state index in [0.29, 0.717) is 0 Å². The second-order valence-electron chi connectivity index (χ2n) is 4.29. The number of rotatable bonds is 5. The van der Waals surface area contributed by atoms with E-state index < -0.39 is 41.5 Å². The first kappa shape index (κ1) is 15.9. The number of imide groups is 1. The summed E-state index contributed by atoms with van der Waals surface area (Å²) in [5, 5.41) is 20.0. The number of aliphatic hydroxyl groups excluding tert-OH is 1. The van der Waals surface area contributed by atoms with Crippen LogP contribution in [0.25, 0.3) is 0 Å². The van der Waals surface area contributed by atoms with E-state index >= 15 is 0 Å². The van der Waals surface area contributed by atoms with E-state index in [2.05, 4.69) is 5.32 Å². The number of halogens is 2. The highest BCUT2D eigenvalue weighted by atomic mass is 35.5. The molecule has 1 aromatic carbocycles. The molecule has 0 aromatic heterocycles. The Labute approximate surface area is 128 Å². The van der Waals surface area contributed by atoms with Crippen molar-refractivity contribution in [2.24, 2.45) is 0 Å². The number of nitrogens with zero attached hydrogens (tertiary/aromatic N) is 1. The molecule has 0 saturated heterocycles. The van der Waals surface area contributed by atoms with Crippen molar-refractivity contribution in [1.29, 1.82) is 0 Å². The van der Waals surface area contributed by atoms with Crippen LogP contribution in [0.2, 0.25) is 5.02 Å². The fourth-order valence-electron chi connectivity index (χ4n) is 1.93. The van der Waals surface area contributed by atoms with Gasteiger partial charge in [0.1, 0.15) is 17.1 Å². The van der Waals surface area contributed by atoms with Gasteiger partial charge in [0.15, 0.2) is 0 Å². The smallest absolute Gasteiger partial charge is 0.339 e. The van der Waals surface area contributed by atoms with Crippen molar-refractivity contribution < 1.29 is 29.0 Å². The summed E-state index contributed by atoms with van der Waals surface area (Å²) in [6.07, 6.45) is 0.893. The summed E-state index contributed by atoms with van der Waals surface area (Å²) in [7, 11) is 0. The monoisotopic (exact) mass is 328 g/mol. The molecular formula is C13H10ClFN2O5. The maximum Gasteiger partial charge on any atom is 0.339 e. The molecule has 1 heterocycles. The SMILES string of the molecule is O=C(O)c1c(Cl)ccc(F)c1NC1=CC(=O)N(CCO)C1=O. The van der Waals surface area contributed by atoms with Crippen LogP contribution in [-0.2, 0) is 9.59 Å².